The number of benzene rings is 2. The minimum absolute atomic E-state index is 0.553. The molecular weight excluding hydrogens is 292 g/mol. The molecular formula is C18H12N2OS. The van der Waals surface area contributed by atoms with Crippen molar-refractivity contribution in [2.24, 2.45) is 0 Å². The number of hydrogen-bond acceptors (Lipinski definition) is 4. The maximum atomic E-state index is 5.59. The molecule has 106 valence electrons. The van der Waals surface area contributed by atoms with Gasteiger partial charge in [-0.05, 0) is 0 Å². The van der Waals surface area contributed by atoms with Gasteiger partial charge in [-0.15, -0.1) is 11.3 Å². The molecule has 4 rings (SSSR count). The van der Waals surface area contributed by atoms with Crippen LogP contribution in [0.5, 0.6) is 0 Å². The molecule has 0 N–H and O–H groups in total. The lowest BCUT2D eigenvalue weighted by Gasteiger charge is -1.93. The fourth-order valence-corrected chi connectivity index (χ4v) is 3.02. The molecule has 0 radical (unpaired) electrons. The smallest absolute Gasteiger partial charge is 0.246 e. The molecule has 0 saturated carbocycles. The van der Waals surface area contributed by atoms with Crippen LogP contribution in [-0.2, 0) is 0 Å². The summed E-state index contributed by atoms with van der Waals surface area (Å²) in [5.74, 6) is 0.553. The second-order valence-corrected chi connectivity index (χ2v) is 5.67. The van der Waals surface area contributed by atoms with Crippen molar-refractivity contribution in [1.82, 2.24) is 9.97 Å². The van der Waals surface area contributed by atoms with E-state index < -0.39 is 0 Å². The van der Waals surface area contributed by atoms with Crippen LogP contribution in [0.25, 0.3) is 33.4 Å². The standard InChI is InChI=1S/C18H12N2OS/c1-3-7-13(8-4-1)15-11-21-17(19-15)16-12-22-18(20-16)14-9-5-2-6-10-14/h1-12H. The van der Waals surface area contributed by atoms with Crippen molar-refractivity contribution < 1.29 is 4.42 Å². The Balaban J connectivity index is 1.66. The SMILES string of the molecule is c1ccc(-c2coc(-c3csc(-c4ccccc4)n3)n2)cc1. The largest absolute Gasteiger partial charge is 0.443 e. The van der Waals surface area contributed by atoms with Crippen LogP contribution in [0.1, 0.15) is 0 Å². The van der Waals surface area contributed by atoms with Crippen molar-refractivity contribution in [2.75, 3.05) is 0 Å². The lowest BCUT2D eigenvalue weighted by molar-refractivity contribution is 0.573. The van der Waals surface area contributed by atoms with E-state index in [1.165, 1.54) is 0 Å². The summed E-state index contributed by atoms with van der Waals surface area (Å²) < 4.78 is 5.59. The van der Waals surface area contributed by atoms with Gasteiger partial charge in [0.2, 0.25) is 5.89 Å². The highest BCUT2D eigenvalue weighted by Gasteiger charge is 2.12. The van der Waals surface area contributed by atoms with E-state index in [0.29, 0.717) is 5.89 Å². The number of oxazole rings is 1. The maximum Gasteiger partial charge on any atom is 0.246 e. The summed E-state index contributed by atoms with van der Waals surface area (Å²) in [5, 5.41) is 2.94. The van der Waals surface area contributed by atoms with Gasteiger partial charge in [0.25, 0.3) is 0 Å². The Hall–Kier alpha value is -2.72. The van der Waals surface area contributed by atoms with Gasteiger partial charge in [0, 0.05) is 16.5 Å². The van der Waals surface area contributed by atoms with Gasteiger partial charge < -0.3 is 4.42 Å². The molecule has 3 nitrogen and oxygen atoms in total. The average molecular weight is 304 g/mol. The molecule has 0 aliphatic carbocycles. The highest BCUT2D eigenvalue weighted by atomic mass is 32.1. The molecule has 2 aromatic carbocycles. The Morgan fingerprint density at radius 1 is 0.727 bits per heavy atom. The van der Waals surface area contributed by atoms with Crippen LogP contribution >= 0.6 is 11.3 Å². The molecule has 0 atom stereocenters. The van der Waals surface area contributed by atoms with Crippen molar-refractivity contribution in [3.63, 3.8) is 0 Å². The third kappa shape index (κ3) is 2.44. The van der Waals surface area contributed by atoms with Crippen LogP contribution in [0.4, 0.5) is 0 Å². The van der Waals surface area contributed by atoms with E-state index in [1.807, 2.05) is 66.0 Å². The van der Waals surface area contributed by atoms with E-state index in [-0.39, 0.29) is 0 Å². The molecule has 0 aliphatic rings. The predicted molar refractivity (Wildman–Crippen MR) is 88.5 cm³/mol. The Labute approximate surface area is 131 Å². The van der Waals surface area contributed by atoms with Gasteiger partial charge in [0.05, 0.1) is 0 Å². The van der Waals surface area contributed by atoms with Crippen molar-refractivity contribution in [2.45, 2.75) is 0 Å². The minimum atomic E-state index is 0.553. The topological polar surface area (TPSA) is 38.9 Å². The number of rotatable bonds is 3. The van der Waals surface area contributed by atoms with E-state index in [0.717, 1.165) is 27.5 Å². The van der Waals surface area contributed by atoms with Crippen molar-refractivity contribution in [3.8, 4) is 33.4 Å². The van der Waals surface area contributed by atoms with E-state index in [9.17, 15) is 0 Å². The number of thiazole rings is 1. The number of hydrogen-bond donors (Lipinski definition) is 0. The van der Waals surface area contributed by atoms with Gasteiger partial charge in [-0.2, -0.15) is 0 Å². The fraction of sp³-hybridized carbons (Fsp3) is 0. The van der Waals surface area contributed by atoms with Crippen LogP contribution in [0, 0.1) is 0 Å². The van der Waals surface area contributed by atoms with E-state index in [4.69, 9.17) is 4.42 Å². The first kappa shape index (κ1) is 13.0. The Bertz CT molecular complexity index is 806. The van der Waals surface area contributed by atoms with Crippen LogP contribution < -0.4 is 0 Å². The zero-order valence-corrected chi connectivity index (χ0v) is 12.5. The van der Waals surface area contributed by atoms with Gasteiger partial charge in [0.1, 0.15) is 22.7 Å². The van der Waals surface area contributed by atoms with Crippen molar-refractivity contribution in [3.05, 3.63) is 72.3 Å². The first-order chi connectivity index (χ1) is 10.9. The molecule has 0 aliphatic heterocycles. The first-order valence-electron chi connectivity index (χ1n) is 6.92. The van der Waals surface area contributed by atoms with Gasteiger partial charge in [-0.1, -0.05) is 60.7 Å². The van der Waals surface area contributed by atoms with Crippen molar-refractivity contribution >= 4 is 11.3 Å². The summed E-state index contributed by atoms with van der Waals surface area (Å²) in [6.07, 6.45) is 1.67. The summed E-state index contributed by atoms with van der Waals surface area (Å²) in [6.45, 7) is 0. The minimum Gasteiger partial charge on any atom is -0.443 e. The zero-order chi connectivity index (χ0) is 14.8. The highest BCUT2D eigenvalue weighted by molar-refractivity contribution is 7.13. The third-order valence-electron chi connectivity index (χ3n) is 3.32. The van der Waals surface area contributed by atoms with E-state index >= 15 is 0 Å². The molecule has 4 aromatic rings. The molecule has 0 bridgehead atoms. The molecule has 0 saturated heterocycles. The van der Waals surface area contributed by atoms with E-state index in [2.05, 4.69) is 9.97 Å². The Morgan fingerprint density at radius 3 is 2.14 bits per heavy atom. The second kappa shape index (κ2) is 5.58. The van der Waals surface area contributed by atoms with Crippen LogP contribution in [0.15, 0.2) is 76.7 Å². The molecule has 0 unspecified atom stereocenters. The summed E-state index contributed by atoms with van der Waals surface area (Å²) >= 11 is 1.59. The monoisotopic (exact) mass is 304 g/mol. The van der Waals surface area contributed by atoms with Crippen LogP contribution in [0.2, 0.25) is 0 Å². The lowest BCUT2D eigenvalue weighted by atomic mass is 10.2. The van der Waals surface area contributed by atoms with Crippen LogP contribution in [0.3, 0.4) is 0 Å². The lowest BCUT2D eigenvalue weighted by Crippen LogP contribution is -1.80. The third-order valence-corrected chi connectivity index (χ3v) is 4.21. The first-order valence-corrected chi connectivity index (χ1v) is 7.80. The average Bonchev–Trinajstić information content (AvgIpc) is 3.26. The highest BCUT2D eigenvalue weighted by Crippen LogP contribution is 2.29. The summed E-state index contributed by atoms with van der Waals surface area (Å²) in [5.41, 5.74) is 3.74. The summed E-state index contributed by atoms with van der Waals surface area (Å²) in [6, 6.07) is 20.1. The van der Waals surface area contributed by atoms with Crippen molar-refractivity contribution in [1.29, 1.82) is 0 Å². The Kier molecular flexibility index (Phi) is 3.29. The molecule has 22 heavy (non-hydrogen) atoms. The zero-order valence-electron chi connectivity index (χ0n) is 11.6. The van der Waals surface area contributed by atoms with Gasteiger partial charge >= 0.3 is 0 Å². The summed E-state index contributed by atoms with van der Waals surface area (Å²) in [4.78, 5) is 9.16. The maximum absolute atomic E-state index is 5.59. The fourth-order valence-electron chi connectivity index (χ4n) is 2.22. The molecule has 0 fully saturated rings. The normalized spacial score (nSPS) is 10.7. The molecule has 2 heterocycles. The number of nitrogens with zero attached hydrogens (tertiary/aromatic N) is 2. The quantitative estimate of drug-likeness (QED) is 0.526. The van der Waals surface area contributed by atoms with Gasteiger partial charge in [-0.25, -0.2) is 9.97 Å². The summed E-state index contributed by atoms with van der Waals surface area (Å²) in [7, 11) is 0. The van der Waals surface area contributed by atoms with Gasteiger partial charge in [0.15, 0.2) is 0 Å². The molecule has 0 spiro atoms. The molecule has 0 amide bonds. The number of aromatic nitrogens is 2. The van der Waals surface area contributed by atoms with E-state index in [1.54, 1.807) is 17.6 Å². The second-order valence-electron chi connectivity index (χ2n) is 4.81. The Morgan fingerprint density at radius 2 is 1.41 bits per heavy atom. The molecule has 4 heteroatoms. The van der Waals surface area contributed by atoms with Gasteiger partial charge in [-0.3, -0.25) is 0 Å². The molecule has 2 aromatic heterocycles. The predicted octanol–water partition coefficient (Wildman–Crippen LogP) is 5.13. The van der Waals surface area contributed by atoms with Crippen LogP contribution in [-0.4, -0.2) is 9.97 Å².